The fourth-order valence-corrected chi connectivity index (χ4v) is 3.24. The summed E-state index contributed by atoms with van der Waals surface area (Å²) in [5, 5.41) is 9.74. The van der Waals surface area contributed by atoms with Gasteiger partial charge in [-0.05, 0) is 31.4 Å². The van der Waals surface area contributed by atoms with Crippen LogP contribution in [-0.4, -0.2) is 16.9 Å². The first-order valence-electron chi connectivity index (χ1n) is 6.70. The van der Waals surface area contributed by atoms with Crippen molar-refractivity contribution >= 4 is 17.5 Å². The van der Waals surface area contributed by atoms with E-state index in [-0.39, 0.29) is 17.6 Å². The van der Waals surface area contributed by atoms with E-state index in [1.54, 1.807) is 19.1 Å². The van der Waals surface area contributed by atoms with Crippen molar-refractivity contribution in [3.63, 3.8) is 0 Å². The summed E-state index contributed by atoms with van der Waals surface area (Å²) in [7, 11) is 0. The number of amides is 2. The molecule has 0 aromatic heterocycles. The SMILES string of the molecule is Cc1ccc(N2C(=O)CC3(CCCC3)C2=O)cc1O. The van der Waals surface area contributed by atoms with Gasteiger partial charge in [-0.15, -0.1) is 0 Å². The molecule has 4 heteroatoms. The van der Waals surface area contributed by atoms with Gasteiger partial charge in [-0.25, -0.2) is 4.90 Å². The molecule has 0 unspecified atom stereocenters. The van der Waals surface area contributed by atoms with Gasteiger partial charge in [0.25, 0.3) is 0 Å². The summed E-state index contributed by atoms with van der Waals surface area (Å²) in [5.74, 6) is -0.112. The van der Waals surface area contributed by atoms with E-state index in [1.165, 1.54) is 11.0 Å². The van der Waals surface area contributed by atoms with Crippen LogP contribution in [0.4, 0.5) is 5.69 Å². The smallest absolute Gasteiger partial charge is 0.240 e. The minimum absolute atomic E-state index is 0.0850. The van der Waals surface area contributed by atoms with Crippen molar-refractivity contribution < 1.29 is 14.7 Å². The van der Waals surface area contributed by atoms with Crippen LogP contribution in [0.3, 0.4) is 0 Å². The summed E-state index contributed by atoms with van der Waals surface area (Å²) < 4.78 is 0. The maximum atomic E-state index is 12.6. The standard InChI is InChI=1S/C15H17NO3/c1-10-4-5-11(8-12(10)17)16-13(18)9-15(14(16)19)6-2-3-7-15/h4-5,8,17H,2-3,6-7,9H2,1H3. The van der Waals surface area contributed by atoms with E-state index in [9.17, 15) is 14.7 Å². The molecule has 2 amide bonds. The average Bonchev–Trinajstić information content (AvgIpc) is 2.91. The number of hydrogen-bond acceptors (Lipinski definition) is 3. The van der Waals surface area contributed by atoms with Crippen molar-refractivity contribution in [3.05, 3.63) is 23.8 Å². The normalized spacial score (nSPS) is 21.6. The molecule has 1 aliphatic heterocycles. The zero-order chi connectivity index (χ0) is 13.6. The zero-order valence-corrected chi connectivity index (χ0v) is 11.0. The number of hydrogen-bond donors (Lipinski definition) is 1. The van der Waals surface area contributed by atoms with Crippen molar-refractivity contribution in [1.29, 1.82) is 0 Å². The second-order valence-electron chi connectivity index (χ2n) is 5.67. The molecule has 100 valence electrons. The van der Waals surface area contributed by atoms with Crippen molar-refractivity contribution in [2.24, 2.45) is 5.41 Å². The molecule has 0 radical (unpaired) electrons. The molecule has 1 heterocycles. The molecule has 19 heavy (non-hydrogen) atoms. The van der Waals surface area contributed by atoms with E-state index >= 15 is 0 Å². The number of nitrogens with zero attached hydrogens (tertiary/aromatic N) is 1. The number of imide groups is 1. The van der Waals surface area contributed by atoms with Crippen molar-refractivity contribution in [3.8, 4) is 5.75 Å². The summed E-state index contributed by atoms with van der Waals surface area (Å²) in [6.45, 7) is 1.78. The molecule has 2 aliphatic rings. The van der Waals surface area contributed by atoms with Crippen LogP contribution in [0.5, 0.6) is 5.75 Å². The van der Waals surface area contributed by atoms with Crippen molar-refractivity contribution in [1.82, 2.24) is 0 Å². The lowest BCUT2D eigenvalue weighted by atomic mass is 9.84. The Bertz CT molecular complexity index is 559. The number of aromatic hydroxyl groups is 1. The largest absolute Gasteiger partial charge is 0.508 e. The molecule has 1 aliphatic carbocycles. The first-order chi connectivity index (χ1) is 9.03. The minimum atomic E-state index is -0.461. The Morgan fingerprint density at radius 3 is 2.53 bits per heavy atom. The van der Waals surface area contributed by atoms with E-state index in [4.69, 9.17) is 0 Å². The molecule has 4 nitrogen and oxygen atoms in total. The molecule has 0 bridgehead atoms. The van der Waals surface area contributed by atoms with E-state index in [2.05, 4.69) is 0 Å². The maximum Gasteiger partial charge on any atom is 0.240 e. The van der Waals surface area contributed by atoms with Crippen LogP contribution in [0.25, 0.3) is 0 Å². The summed E-state index contributed by atoms with van der Waals surface area (Å²) in [6.07, 6.45) is 3.98. The molecule has 1 N–H and O–H groups in total. The third kappa shape index (κ3) is 1.74. The number of carbonyl (C=O) groups is 2. The Hall–Kier alpha value is -1.84. The molecule has 2 fully saturated rings. The minimum Gasteiger partial charge on any atom is -0.508 e. The lowest BCUT2D eigenvalue weighted by Crippen LogP contribution is -2.34. The predicted molar refractivity (Wildman–Crippen MR) is 70.9 cm³/mol. The summed E-state index contributed by atoms with van der Waals surface area (Å²) in [4.78, 5) is 26.0. The monoisotopic (exact) mass is 259 g/mol. The van der Waals surface area contributed by atoms with Gasteiger partial charge in [-0.2, -0.15) is 0 Å². The van der Waals surface area contributed by atoms with Gasteiger partial charge in [-0.1, -0.05) is 18.9 Å². The second-order valence-corrected chi connectivity index (χ2v) is 5.67. The Morgan fingerprint density at radius 1 is 1.21 bits per heavy atom. The highest BCUT2D eigenvalue weighted by molar-refractivity contribution is 6.22. The van der Waals surface area contributed by atoms with E-state index in [1.807, 2.05) is 0 Å². The van der Waals surface area contributed by atoms with Gasteiger partial charge in [0, 0.05) is 12.5 Å². The highest BCUT2D eigenvalue weighted by Crippen LogP contribution is 2.48. The van der Waals surface area contributed by atoms with Crippen LogP contribution in [0.2, 0.25) is 0 Å². The fourth-order valence-electron chi connectivity index (χ4n) is 3.24. The van der Waals surface area contributed by atoms with Gasteiger partial charge in [0.15, 0.2) is 0 Å². The lowest BCUT2D eigenvalue weighted by Gasteiger charge is -2.21. The Labute approximate surface area is 112 Å². The molecular weight excluding hydrogens is 242 g/mol. The quantitative estimate of drug-likeness (QED) is 0.788. The second kappa shape index (κ2) is 4.08. The number of aryl methyl sites for hydroxylation is 1. The van der Waals surface area contributed by atoms with Crippen LogP contribution < -0.4 is 4.90 Å². The van der Waals surface area contributed by atoms with Gasteiger partial charge in [0.2, 0.25) is 11.8 Å². The Morgan fingerprint density at radius 2 is 1.89 bits per heavy atom. The van der Waals surface area contributed by atoms with Gasteiger partial charge in [0.05, 0.1) is 11.1 Å². The van der Waals surface area contributed by atoms with Crippen LogP contribution in [0.1, 0.15) is 37.7 Å². The molecule has 1 aromatic carbocycles. The third-order valence-electron chi connectivity index (χ3n) is 4.41. The van der Waals surface area contributed by atoms with Gasteiger partial charge < -0.3 is 5.11 Å². The molecule has 1 saturated carbocycles. The summed E-state index contributed by atoms with van der Waals surface area (Å²) in [5.41, 5.74) is 0.762. The van der Waals surface area contributed by atoms with Crippen LogP contribution >= 0.6 is 0 Å². The molecule has 1 aromatic rings. The predicted octanol–water partition coefficient (Wildman–Crippen LogP) is 2.52. The molecule has 1 spiro atoms. The van der Waals surface area contributed by atoms with Gasteiger partial charge >= 0.3 is 0 Å². The van der Waals surface area contributed by atoms with E-state index in [0.29, 0.717) is 12.1 Å². The summed E-state index contributed by atoms with van der Waals surface area (Å²) >= 11 is 0. The molecule has 3 rings (SSSR count). The van der Waals surface area contributed by atoms with Crippen LogP contribution in [-0.2, 0) is 9.59 Å². The number of rotatable bonds is 1. The molecular formula is C15H17NO3. The topological polar surface area (TPSA) is 57.6 Å². The maximum absolute atomic E-state index is 12.6. The molecule has 0 atom stereocenters. The number of benzene rings is 1. The number of anilines is 1. The first-order valence-corrected chi connectivity index (χ1v) is 6.70. The number of phenolic OH excluding ortho intramolecular Hbond substituents is 1. The average molecular weight is 259 g/mol. The van der Waals surface area contributed by atoms with Crippen LogP contribution in [0.15, 0.2) is 18.2 Å². The zero-order valence-electron chi connectivity index (χ0n) is 11.0. The fraction of sp³-hybridized carbons (Fsp3) is 0.467. The lowest BCUT2D eigenvalue weighted by molar-refractivity contribution is -0.125. The van der Waals surface area contributed by atoms with E-state index < -0.39 is 5.41 Å². The first kappa shape index (κ1) is 12.2. The van der Waals surface area contributed by atoms with Gasteiger partial charge in [0.1, 0.15) is 5.75 Å². The highest BCUT2D eigenvalue weighted by atomic mass is 16.3. The Balaban J connectivity index is 1.98. The van der Waals surface area contributed by atoms with Crippen molar-refractivity contribution in [2.45, 2.75) is 39.0 Å². The Kier molecular flexibility index (Phi) is 2.62. The van der Waals surface area contributed by atoms with Crippen LogP contribution in [0, 0.1) is 12.3 Å². The third-order valence-corrected chi connectivity index (χ3v) is 4.41. The number of phenols is 1. The highest BCUT2D eigenvalue weighted by Gasteiger charge is 2.53. The van der Waals surface area contributed by atoms with Crippen molar-refractivity contribution in [2.75, 3.05) is 4.90 Å². The number of carbonyl (C=O) groups excluding carboxylic acids is 2. The van der Waals surface area contributed by atoms with E-state index in [0.717, 1.165) is 31.2 Å². The van der Waals surface area contributed by atoms with Gasteiger partial charge in [-0.3, -0.25) is 9.59 Å². The molecule has 1 saturated heterocycles. The summed E-state index contributed by atoms with van der Waals surface area (Å²) in [6, 6.07) is 4.95.